The number of aromatic nitrogens is 1. The Labute approximate surface area is 199 Å². The SMILES string of the molecule is CC(C)c1ccc2ccnc(-c3[c-]cccc3)c2c1.OC1CCCC2CCC(O)C12.[Ir]. The Kier molecular flexibility index (Phi) is 8.41. The maximum absolute atomic E-state index is 9.59. The molecule has 1 heterocycles. The Morgan fingerprint density at radius 2 is 1.77 bits per heavy atom. The fourth-order valence-electron chi connectivity index (χ4n) is 5.07. The summed E-state index contributed by atoms with van der Waals surface area (Å²) in [4.78, 5) is 4.55. The monoisotopic (exact) mass is 595 g/mol. The summed E-state index contributed by atoms with van der Waals surface area (Å²) in [7, 11) is 0. The van der Waals surface area contributed by atoms with E-state index < -0.39 is 0 Å². The van der Waals surface area contributed by atoms with Gasteiger partial charge in [0.25, 0.3) is 0 Å². The van der Waals surface area contributed by atoms with Crippen LogP contribution in [0.25, 0.3) is 22.0 Å². The summed E-state index contributed by atoms with van der Waals surface area (Å²) in [6, 6.07) is 20.0. The van der Waals surface area contributed by atoms with Crippen molar-refractivity contribution in [3.63, 3.8) is 0 Å². The van der Waals surface area contributed by atoms with Crippen LogP contribution < -0.4 is 0 Å². The molecule has 0 saturated heterocycles. The van der Waals surface area contributed by atoms with Crippen LogP contribution in [-0.2, 0) is 20.1 Å². The Hall–Kier alpha value is -1.58. The van der Waals surface area contributed by atoms with Crippen molar-refractivity contribution >= 4 is 10.8 Å². The number of hydrogen-bond acceptors (Lipinski definition) is 3. The molecule has 2 aliphatic carbocycles. The molecule has 2 N–H and O–H groups in total. The van der Waals surface area contributed by atoms with Gasteiger partial charge in [-0.25, -0.2) is 0 Å². The van der Waals surface area contributed by atoms with Gasteiger partial charge in [0.1, 0.15) is 0 Å². The maximum atomic E-state index is 9.59. The molecule has 4 unspecified atom stereocenters. The topological polar surface area (TPSA) is 53.4 Å². The average Bonchev–Trinajstić information content (AvgIpc) is 3.16. The van der Waals surface area contributed by atoms with E-state index in [4.69, 9.17) is 0 Å². The molecular weight excluding hydrogens is 563 g/mol. The third kappa shape index (κ3) is 5.43. The fraction of sp³-hybridized carbons (Fsp3) is 0.444. The standard InChI is InChI=1S/C18H16N.C9H16O2.Ir/c1-13(2)16-9-8-14-10-11-19-18(17(14)12-16)15-6-4-3-5-7-15;10-7-3-1-2-6-4-5-8(11)9(6)7;/h3-6,8-13H,1-2H3;6-11H,1-5H2;/q-1;;. The number of aliphatic hydroxyl groups is 2. The molecule has 167 valence electrons. The summed E-state index contributed by atoms with van der Waals surface area (Å²) in [6.45, 7) is 4.43. The molecule has 0 amide bonds. The molecular formula is C27H32IrNO2-. The van der Waals surface area contributed by atoms with Crippen molar-refractivity contribution in [2.75, 3.05) is 0 Å². The molecule has 2 fully saturated rings. The van der Waals surface area contributed by atoms with Gasteiger partial charge in [-0.2, -0.15) is 0 Å². The third-order valence-electron chi connectivity index (χ3n) is 6.76. The molecule has 4 heteroatoms. The van der Waals surface area contributed by atoms with Crippen molar-refractivity contribution in [1.82, 2.24) is 4.98 Å². The number of fused-ring (bicyclic) bond motifs is 2. The van der Waals surface area contributed by atoms with Crippen LogP contribution in [0.5, 0.6) is 0 Å². The van der Waals surface area contributed by atoms with E-state index in [9.17, 15) is 10.2 Å². The molecule has 5 rings (SSSR count). The minimum absolute atomic E-state index is 0. The molecule has 3 nitrogen and oxygen atoms in total. The summed E-state index contributed by atoms with van der Waals surface area (Å²) >= 11 is 0. The van der Waals surface area contributed by atoms with E-state index >= 15 is 0 Å². The largest absolute Gasteiger partial charge is 0.393 e. The van der Waals surface area contributed by atoms with Gasteiger partial charge in [0, 0.05) is 32.2 Å². The molecule has 2 saturated carbocycles. The van der Waals surface area contributed by atoms with Crippen molar-refractivity contribution < 1.29 is 30.3 Å². The van der Waals surface area contributed by atoms with Crippen LogP contribution in [0.15, 0.2) is 54.7 Å². The zero-order valence-corrected chi connectivity index (χ0v) is 20.7. The van der Waals surface area contributed by atoms with Gasteiger partial charge in [-0.05, 0) is 65.6 Å². The predicted molar refractivity (Wildman–Crippen MR) is 122 cm³/mol. The van der Waals surface area contributed by atoms with Gasteiger partial charge in [0.2, 0.25) is 0 Å². The van der Waals surface area contributed by atoms with Crippen LogP contribution in [0, 0.1) is 17.9 Å². The molecule has 1 radical (unpaired) electrons. The summed E-state index contributed by atoms with van der Waals surface area (Å²) in [5.74, 6) is 1.36. The van der Waals surface area contributed by atoms with Crippen LogP contribution in [0.1, 0.15) is 57.4 Å². The number of aliphatic hydroxyl groups excluding tert-OH is 2. The van der Waals surface area contributed by atoms with E-state index in [1.807, 2.05) is 24.4 Å². The minimum Gasteiger partial charge on any atom is -0.393 e. The number of pyridine rings is 1. The summed E-state index contributed by atoms with van der Waals surface area (Å²) in [5.41, 5.74) is 3.41. The molecule has 2 aliphatic rings. The molecule has 0 spiro atoms. The zero-order chi connectivity index (χ0) is 21.1. The second-order valence-electron chi connectivity index (χ2n) is 9.05. The van der Waals surface area contributed by atoms with Crippen molar-refractivity contribution in [3.05, 3.63) is 66.4 Å². The number of hydrogen-bond donors (Lipinski definition) is 2. The molecule has 1 aromatic heterocycles. The Morgan fingerprint density at radius 3 is 2.48 bits per heavy atom. The molecule has 0 aliphatic heterocycles. The van der Waals surface area contributed by atoms with Crippen molar-refractivity contribution in [2.24, 2.45) is 11.8 Å². The van der Waals surface area contributed by atoms with E-state index in [1.54, 1.807) is 0 Å². The molecule has 31 heavy (non-hydrogen) atoms. The van der Waals surface area contributed by atoms with Crippen LogP contribution in [-0.4, -0.2) is 27.4 Å². The number of nitrogens with zero attached hydrogens (tertiary/aromatic N) is 1. The first-order valence-electron chi connectivity index (χ1n) is 11.3. The Morgan fingerprint density at radius 1 is 0.968 bits per heavy atom. The summed E-state index contributed by atoms with van der Waals surface area (Å²) in [5, 5.41) is 21.6. The summed E-state index contributed by atoms with van der Waals surface area (Å²) in [6.07, 6.45) is 6.75. The van der Waals surface area contributed by atoms with Crippen molar-refractivity contribution in [1.29, 1.82) is 0 Å². The Bertz CT molecular complexity index is 973. The predicted octanol–water partition coefficient (Wildman–Crippen LogP) is 5.74. The van der Waals surface area contributed by atoms with E-state index in [2.05, 4.69) is 55.2 Å². The molecule has 0 bridgehead atoms. The summed E-state index contributed by atoms with van der Waals surface area (Å²) < 4.78 is 0. The zero-order valence-electron chi connectivity index (χ0n) is 18.3. The quantitative estimate of drug-likeness (QED) is 0.372. The number of benzene rings is 2. The Balaban J connectivity index is 0.000000194. The molecule has 3 aromatic rings. The van der Waals surface area contributed by atoms with Gasteiger partial charge >= 0.3 is 0 Å². The normalized spacial score (nSPS) is 24.8. The first-order chi connectivity index (χ1) is 14.5. The molecule has 2 aromatic carbocycles. The minimum atomic E-state index is -0.216. The third-order valence-corrected chi connectivity index (χ3v) is 6.76. The van der Waals surface area contributed by atoms with Gasteiger partial charge in [-0.15, -0.1) is 35.9 Å². The van der Waals surface area contributed by atoms with Gasteiger partial charge in [0.15, 0.2) is 0 Å². The molecule has 4 atom stereocenters. The average molecular weight is 595 g/mol. The smallest absolute Gasteiger partial charge is 0.0595 e. The van der Waals surface area contributed by atoms with Gasteiger partial charge < -0.3 is 15.2 Å². The van der Waals surface area contributed by atoms with Crippen molar-refractivity contribution in [3.8, 4) is 11.3 Å². The van der Waals surface area contributed by atoms with Crippen LogP contribution >= 0.6 is 0 Å². The van der Waals surface area contributed by atoms with E-state index in [0.717, 1.165) is 36.9 Å². The van der Waals surface area contributed by atoms with E-state index in [-0.39, 0.29) is 38.2 Å². The van der Waals surface area contributed by atoms with Gasteiger partial charge in [0.05, 0.1) is 12.2 Å². The van der Waals surface area contributed by atoms with E-state index in [1.165, 1.54) is 22.8 Å². The van der Waals surface area contributed by atoms with Gasteiger partial charge in [-0.3, -0.25) is 0 Å². The van der Waals surface area contributed by atoms with Gasteiger partial charge in [-0.1, -0.05) is 38.5 Å². The van der Waals surface area contributed by atoms with Crippen LogP contribution in [0.2, 0.25) is 0 Å². The fourth-order valence-corrected chi connectivity index (χ4v) is 5.07. The van der Waals surface area contributed by atoms with E-state index in [0.29, 0.717) is 11.8 Å². The number of rotatable bonds is 2. The maximum Gasteiger partial charge on any atom is 0.0595 e. The first kappa shape index (κ1) is 24.1. The van der Waals surface area contributed by atoms with Crippen LogP contribution in [0.4, 0.5) is 0 Å². The first-order valence-corrected chi connectivity index (χ1v) is 11.3. The second kappa shape index (κ2) is 10.8. The second-order valence-corrected chi connectivity index (χ2v) is 9.05. The van der Waals surface area contributed by atoms with Crippen LogP contribution in [0.3, 0.4) is 0 Å². The van der Waals surface area contributed by atoms with Crippen molar-refractivity contribution in [2.45, 2.75) is 64.1 Å².